The lowest BCUT2D eigenvalue weighted by atomic mass is 9.77. The summed E-state index contributed by atoms with van der Waals surface area (Å²) in [5.74, 6) is 0.329. The van der Waals surface area contributed by atoms with Gasteiger partial charge in [0.1, 0.15) is 5.75 Å². The fourth-order valence-electron chi connectivity index (χ4n) is 2.62. The molecule has 1 aliphatic heterocycles. The van der Waals surface area contributed by atoms with Gasteiger partial charge in [-0.15, -0.1) is 0 Å². The Labute approximate surface area is 114 Å². The molecule has 1 aliphatic rings. The molecule has 4 nitrogen and oxygen atoms in total. The Morgan fingerprint density at radius 3 is 2.89 bits per heavy atom. The molecular weight excluding hydrogens is 240 g/mol. The van der Waals surface area contributed by atoms with Crippen molar-refractivity contribution in [3.8, 4) is 5.75 Å². The van der Waals surface area contributed by atoms with Crippen LogP contribution in [-0.4, -0.2) is 24.1 Å². The maximum absolute atomic E-state index is 12.5. The van der Waals surface area contributed by atoms with Crippen molar-refractivity contribution in [3.05, 3.63) is 23.8 Å². The standard InChI is InChI=1S/C15H22N2O2/c1-3-15(7-4-8-16-10-15)14(19)17-12-5-6-13(18)11(2)9-12/h5-6,9,16,18H,3-4,7-8,10H2,1-2H3,(H,17,19). The highest BCUT2D eigenvalue weighted by Gasteiger charge is 2.37. The van der Waals surface area contributed by atoms with Crippen LogP contribution in [0.3, 0.4) is 0 Å². The first-order chi connectivity index (χ1) is 9.07. The molecule has 1 heterocycles. The van der Waals surface area contributed by atoms with Crippen molar-refractivity contribution >= 4 is 11.6 Å². The van der Waals surface area contributed by atoms with Crippen molar-refractivity contribution in [2.75, 3.05) is 18.4 Å². The normalized spacial score (nSPS) is 23.1. The fourth-order valence-corrected chi connectivity index (χ4v) is 2.62. The number of phenols is 1. The number of benzene rings is 1. The SMILES string of the molecule is CCC1(C(=O)Nc2ccc(O)c(C)c2)CCCNC1. The number of hydrogen-bond acceptors (Lipinski definition) is 3. The second-order valence-corrected chi connectivity index (χ2v) is 5.37. The highest BCUT2D eigenvalue weighted by molar-refractivity contribution is 5.95. The zero-order valence-electron chi connectivity index (χ0n) is 11.6. The van der Waals surface area contributed by atoms with Crippen LogP contribution in [0.4, 0.5) is 5.69 Å². The van der Waals surface area contributed by atoms with Gasteiger partial charge in [-0.05, 0) is 56.5 Å². The molecule has 1 unspecified atom stereocenters. The van der Waals surface area contributed by atoms with Crippen LogP contribution < -0.4 is 10.6 Å². The summed E-state index contributed by atoms with van der Waals surface area (Å²) < 4.78 is 0. The summed E-state index contributed by atoms with van der Waals surface area (Å²) in [6.45, 7) is 5.62. The highest BCUT2D eigenvalue weighted by atomic mass is 16.3. The third-order valence-corrected chi connectivity index (χ3v) is 4.09. The Balaban J connectivity index is 2.12. The van der Waals surface area contributed by atoms with Crippen LogP contribution in [0.15, 0.2) is 18.2 Å². The number of aryl methyl sites for hydroxylation is 1. The minimum Gasteiger partial charge on any atom is -0.508 e. The van der Waals surface area contributed by atoms with Crippen molar-refractivity contribution in [1.29, 1.82) is 0 Å². The Morgan fingerprint density at radius 2 is 2.32 bits per heavy atom. The molecule has 0 bridgehead atoms. The number of nitrogens with one attached hydrogen (secondary N) is 2. The van der Waals surface area contributed by atoms with Crippen LogP contribution >= 0.6 is 0 Å². The molecule has 0 saturated carbocycles. The van der Waals surface area contributed by atoms with Crippen LogP contribution in [-0.2, 0) is 4.79 Å². The van der Waals surface area contributed by atoms with E-state index >= 15 is 0 Å². The molecule has 0 aliphatic carbocycles. The second-order valence-electron chi connectivity index (χ2n) is 5.37. The Morgan fingerprint density at radius 1 is 1.53 bits per heavy atom. The van der Waals surface area contributed by atoms with E-state index in [1.807, 2.05) is 6.92 Å². The number of hydrogen-bond donors (Lipinski definition) is 3. The number of phenolic OH excluding ortho intramolecular Hbond substituents is 1. The van der Waals surface area contributed by atoms with Crippen molar-refractivity contribution in [2.24, 2.45) is 5.41 Å². The summed E-state index contributed by atoms with van der Waals surface area (Å²) in [5, 5.41) is 15.8. The molecular formula is C15H22N2O2. The van der Waals surface area contributed by atoms with E-state index in [2.05, 4.69) is 17.6 Å². The highest BCUT2D eigenvalue weighted by Crippen LogP contribution is 2.32. The van der Waals surface area contributed by atoms with E-state index in [1.54, 1.807) is 18.2 Å². The maximum Gasteiger partial charge on any atom is 0.231 e. The average Bonchev–Trinajstić information content (AvgIpc) is 2.43. The van der Waals surface area contributed by atoms with Crippen molar-refractivity contribution in [1.82, 2.24) is 5.32 Å². The number of piperidine rings is 1. The smallest absolute Gasteiger partial charge is 0.231 e. The van der Waals surface area contributed by atoms with Crippen LogP contribution in [0.1, 0.15) is 31.7 Å². The summed E-state index contributed by atoms with van der Waals surface area (Å²) in [6, 6.07) is 5.15. The number of anilines is 1. The predicted octanol–water partition coefficient (Wildman–Crippen LogP) is 2.42. The Kier molecular flexibility index (Phi) is 4.10. The number of rotatable bonds is 3. The molecule has 1 atom stereocenters. The predicted molar refractivity (Wildman–Crippen MR) is 76.3 cm³/mol. The number of carbonyl (C=O) groups is 1. The van der Waals surface area contributed by atoms with Crippen LogP contribution in [0.25, 0.3) is 0 Å². The van der Waals surface area contributed by atoms with Gasteiger partial charge in [0.15, 0.2) is 0 Å². The Hall–Kier alpha value is -1.55. The van der Waals surface area contributed by atoms with E-state index < -0.39 is 0 Å². The van der Waals surface area contributed by atoms with E-state index in [9.17, 15) is 9.90 Å². The van der Waals surface area contributed by atoms with Gasteiger partial charge in [-0.25, -0.2) is 0 Å². The first-order valence-electron chi connectivity index (χ1n) is 6.89. The third-order valence-electron chi connectivity index (χ3n) is 4.09. The molecule has 4 heteroatoms. The molecule has 0 radical (unpaired) electrons. The second kappa shape index (κ2) is 5.61. The fraction of sp³-hybridized carbons (Fsp3) is 0.533. The molecule has 0 aromatic heterocycles. The molecule has 19 heavy (non-hydrogen) atoms. The van der Waals surface area contributed by atoms with Gasteiger partial charge in [0.05, 0.1) is 5.41 Å². The Bertz CT molecular complexity index is 465. The summed E-state index contributed by atoms with van der Waals surface area (Å²) in [6.07, 6.45) is 2.80. The molecule has 104 valence electrons. The number of carbonyl (C=O) groups excluding carboxylic acids is 1. The van der Waals surface area contributed by atoms with Gasteiger partial charge in [0.2, 0.25) is 5.91 Å². The first kappa shape index (κ1) is 13.9. The maximum atomic E-state index is 12.5. The van der Waals surface area contributed by atoms with Crippen molar-refractivity contribution in [3.63, 3.8) is 0 Å². The summed E-state index contributed by atoms with van der Waals surface area (Å²) in [7, 11) is 0. The van der Waals surface area contributed by atoms with Crippen LogP contribution in [0.2, 0.25) is 0 Å². The molecule has 1 amide bonds. The van der Waals surface area contributed by atoms with Gasteiger partial charge in [0.25, 0.3) is 0 Å². The molecule has 1 fully saturated rings. The van der Waals surface area contributed by atoms with Gasteiger partial charge in [0, 0.05) is 12.2 Å². The topological polar surface area (TPSA) is 61.4 Å². The summed E-state index contributed by atoms with van der Waals surface area (Å²) in [4.78, 5) is 12.5. The lowest BCUT2D eigenvalue weighted by Gasteiger charge is -2.35. The molecule has 1 saturated heterocycles. The van der Waals surface area contributed by atoms with Gasteiger partial charge >= 0.3 is 0 Å². The van der Waals surface area contributed by atoms with Gasteiger partial charge in [-0.2, -0.15) is 0 Å². The van der Waals surface area contributed by atoms with E-state index in [0.717, 1.165) is 43.6 Å². The van der Waals surface area contributed by atoms with E-state index in [1.165, 1.54) is 0 Å². The lowest BCUT2D eigenvalue weighted by molar-refractivity contribution is -0.126. The molecule has 2 rings (SSSR count). The monoisotopic (exact) mass is 262 g/mol. The minimum absolute atomic E-state index is 0.0762. The lowest BCUT2D eigenvalue weighted by Crippen LogP contribution is -2.47. The molecule has 1 aromatic rings. The molecule has 3 N–H and O–H groups in total. The van der Waals surface area contributed by atoms with E-state index in [-0.39, 0.29) is 17.1 Å². The zero-order chi connectivity index (χ0) is 13.9. The average molecular weight is 262 g/mol. The summed E-state index contributed by atoms with van der Waals surface area (Å²) in [5.41, 5.74) is 1.22. The van der Waals surface area contributed by atoms with Crippen molar-refractivity contribution in [2.45, 2.75) is 33.1 Å². The van der Waals surface area contributed by atoms with Crippen molar-refractivity contribution < 1.29 is 9.90 Å². The quantitative estimate of drug-likeness (QED) is 0.733. The first-order valence-corrected chi connectivity index (χ1v) is 6.89. The molecule has 1 aromatic carbocycles. The molecule has 0 spiro atoms. The van der Waals surface area contributed by atoms with Crippen LogP contribution in [0.5, 0.6) is 5.75 Å². The third kappa shape index (κ3) is 2.89. The minimum atomic E-state index is -0.302. The van der Waals surface area contributed by atoms with E-state index in [4.69, 9.17) is 0 Å². The van der Waals surface area contributed by atoms with Gasteiger partial charge in [-0.3, -0.25) is 4.79 Å². The number of aromatic hydroxyl groups is 1. The van der Waals surface area contributed by atoms with Gasteiger partial charge < -0.3 is 15.7 Å². The van der Waals surface area contributed by atoms with Crippen LogP contribution in [0, 0.1) is 12.3 Å². The van der Waals surface area contributed by atoms with E-state index in [0.29, 0.717) is 0 Å². The largest absolute Gasteiger partial charge is 0.508 e. The summed E-state index contributed by atoms with van der Waals surface area (Å²) >= 11 is 0. The van der Waals surface area contributed by atoms with Gasteiger partial charge in [-0.1, -0.05) is 6.92 Å². The zero-order valence-corrected chi connectivity index (χ0v) is 11.6. The number of amides is 1.